The van der Waals surface area contributed by atoms with E-state index in [0.717, 1.165) is 38.8 Å². The van der Waals surface area contributed by atoms with Crippen LogP contribution in [0.5, 0.6) is 0 Å². The van der Waals surface area contributed by atoms with Crippen LogP contribution in [-0.2, 0) is 9.53 Å². The molecule has 1 aliphatic rings. The lowest BCUT2D eigenvalue weighted by Crippen LogP contribution is -2.23. The van der Waals surface area contributed by atoms with E-state index in [0.29, 0.717) is 12.3 Å². The fourth-order valence-corrected chi connectivity index (χ4v) is 2.00. The first-order valence-electron chi connectivity index (χ1n) is 5.68. The molecule has 1 saturated carbocycles. The van der Waals surface area contributed by atoms with Crippen molar-refractivity contribution < 1.29 is 14.6 Å². The fraction of sp³-hybridized carbons (Fsp3) is 0.909. The molecule has 0 radical (unpaired) electrons. The normalized spacial score (nSPS) is 25.5. The van der Waals surface area contributed by atoms with E-state index in [1.165, 1.54) is 7.11 Å². The monoisotopic (exact) mass is 215 g/mol. The van der Waals surface area contributed by atoms with Crippen LogP contribution in [0.1, 0.15) is 32.1 Å². The van der Waals surface area contributed by atoms with Gasteiger partial charge in [0, 0.05) is 6.42 Å². The van der Waals surface area contributed by atoms with Crippen molar-refractivity contribution in [3.05, 3.63) is 0 Å². The Morgan fingerprint density at radius 2 is 2.33 bits per heavy atom. The van der Waals surface area contributed by atoms with Crippen LogP contribution in [0, 0.1) is 5.92 Å². The van der Waals surface area contributed by atoms with Gasteiger partial charge >= 0.3 is 5.97 Å². The van der Waals surface area contributed by atoms with E-state index in [1.54, 1.807) is 0 Å². The summed E-state index contributed by atoms with van der Waals surface area (Å²) in [6.07, 6.45) is 4.19. The molecule has 0 amide bonds. The summed E-state index contributed by atoms with van der Waals surface area (Å²) >= 11 is 0. The molecular weight excluding hydrogens is 194 g/mol. The fourth-order valence-electron chi connectivity index (χ4n) is 2.00. The molecule has 88 valence electrons. The molecule has 15 heavy (non-hydrogen) atoms. The predicted molar refractivity (Wildman–Crippen MR) is 57.5 cm³/mol. The number of rotatable bonds is 6. The Hall–Kier alpha value is -0.610. The molecule has 0 aromatic carbocycles. The largest absolute Gasteiger partial charge is 0.469 e. The Kier molecular flexibility index (Phi) is 5.65. The smallest absolute Gasteiger partial charge is 0.305 e. The number of ether oxygens (including phenoxy) is 1. The van der Waals surface area contributed by atoms with E-state index >= 15 is 0 Å². The molecule has 2 unspecified atom stereocenters. The third-order valence-corrected chi connectivity index (χ3v) is 2.91. The molecule has 0 saturated heterocycles. The summed E-state index contributed by atoms with van der Waals surface area (Å²) in [6.45, 7) is 1.81. The van der Waals surface area contributed by atoms with Gasteiger partial charge in [0.15, 0.2) is 0 Å². The van der Waals surface area contributed by atoms with Crippen LogP contribution < -0.4 is 5.32 Å². The highest BCUT2D eigenvalue weighted by atomic mass is 16.5. The lowest BCUT2D eigenvalue weighted by atomic mass is 10.1. The summed E-state index contributed by atoms with van der Waals surface area (Å²) in [4.78, 5) is 10.8. The zero-order valence-electron chi connectivity index (χ0n) is 9.37. The Morgan fingerprint density at radius 1 is 1.53 bits per heavy atom. The van der Waals surface area contributed by atoms with Crippen molar-refractivity contribution in [2.75, 3.05) is 20.2 Å². The van der Waals surface area contributed by atoms with Crippen molar-refractivity contribution in [1.29, 1.82) is 0 Å². The van der Waals surface area contributed by atoms with Gasteiger partial charge in [-0.1, -0.05) is 0 Å². The second-order valence-electron chi connectivity index (χ2n) is 4.22. The molecule has 2 atom stereocenters. The summed E-state index contributed by atoms with van der Waals surface area (Å²) in [6, 6.07) is 0. The van der Waals surface area contributed by atoms with Crippen LogP contribution in [-0.4, -0.2) is 37.4 Å². The second kappa shape index (κ2) is 6.80. The average molecular weight is 215 g/mol. The highest BCUT2D eigenvalue weighted by Gasteiger charge is 2.21. The Labute approximate surface area is 91.0 Å². The van der Waals surface area contributed by atoms with Crippen molar-refractivity contribution >= 4 is 5.97 Å². The lowest BCUT2D eigenvalue weighted by molar-refractivity contribution is -0.140. The van der Waals surface area contributed by atoms with Crippen molar-refractivity contribution in [3.8, 4) is 0 Å². The Morgan fingerprint density at radius 3 is 2.93 bits per heavy atom. The number of aliphatic hydroxyl groups excluding tert-OH is 1. The summed E-state index contributed by atoms with van der Waals surface area (Å²) in [5, 5.41) is 12.6. The van der Waals surface area contributed by atoms with Gasteiger partial charge in [0.05, 0.1) is 13.2 Å². The zero-order chi connectivity index (χ0) is 11.1. The number of carbonyl (C=O) groups is 1. The summed E-state index contributed by atoms with van der Waals surface area (Å²) in [5.41, 5.74) is 0. The highest BCUT2D eigenvalue weighted by Crippen LogP contribution is 2.24. The van der Waals surface area contributed by atoms with Gasteiger partial charge in [-0.3, -0.25) is 4.79 Å². The third-order valence-electron chi connectivity index (χ3n) is 2.91. The molecule has 0 aromatic rings. The minimum atomic E-state index is -0.145. The summed E-state index contributed by atoms with van der Waals surface area (Å²) < 4.78 is 4.54. The van der Waals surface area contributed by atoms with Gasteiger partial charge in [-0.25, -0.2) is 0 Å². The minimum absolute atomic E-state index is 0.0909. The third kappa shape index (κ3) is 5.14. The Bertz CT molecular complexity index is 196. The summed E-state index contributed by atoms with van der Waals surface area (Å²) in [7, 11) is 1.41. The van der Waals surface area contributed by atoms with Crippen LogP contribution in [0.4, 0.5) is 0 Å². The molecule has 0 spiro atoms. The first kappa shape index (κ1) is 12.5. The van der Waals surface area contributed by atoms with Crippen LogP contribution >= 0.6 is 0 Å². The maximum absolute atomic E-state index is 10.8. The second-order valence-corrected chi connectivity index (χ2v) is 4.22. The van der Waals surface area contributed by atoms with Gasteiger partial charge < -0.3 is 15.2 Å². The van der Waals surface area contributed by atoms with Gasteiger partial charge in [-0.15, -0.1) is 0 Å². The molecule has 4 heteroatoms. The van der Waals surface area contributed by atoms with E-state index < -0.39 is 0 Å². The molecule has 1 aliphatic carbocycles. The number of methoxy groups -OCH3 is 1. The molecular formula is C11H21NO3. The van der Waals surface area contributed by atoms with Gasteiger partial charge in [0.25, 0.3) is 0 Å². The summed E-state index contributed by atoms with van der Waals surface area (Å²) in [5.74, 6) is 0.464. The maximum atomic E-state index is 10.8. The number of carbonyl (C=O) groups excluding carboxylic acids is 1. The minimum Gasteiger partial charge on any atom is -0.469 e. The number of aliphatic hydroxyl groups is 1. The lowest BCUT2D eigenvalue weighted by Gasteiger charge is -2.10. The van der Waals surface area contributed by atoms with Crippen molar-refractivity contribution in [2.45, 2.75) is 38.2 Å². The van der Waals surface area contributed by atoms with E-state index in [4.69, 9.17) is 0 Å². The van der Waals surface area contributed by atoms with Gasteiger partial charge in [-0.2, -0.15) is 0 Å². The predicted octanol–water partition coefficient (Wildman–Crippen LogP) is 0.690. The molecule has 2 N–H and O–H groups in total. The standard InChI is InChI=1S/C11H21NO3/c1-15-11(14)3-2-6-12-8-9-4-5-10(13)7-9/h9-10,12-13H,2-8H2,1H3. The number of hydrogen-bond donors (Lipinski definition) is 2. The molecule has 1 rings (SSSR count). The first-order chi connectivity index (χ1) is 7.22. The number of nitrogens with one attached hydrogen (secondary N) is 1. The molecule has 4 nitrogen and oxygen atoms in total. The molecule has 0 bridgehead atoms. The van der Waals surface area contributed by atoms with E-state index in [2.05, 4.69) is 10.1 Å². The van der Waals surface area contributed by atoms with E-state index in [1.807, 2.05) is 0 Å². The van der Waals surface area contributed by atoms with Gasteiger partial charge in [0.2, 0.25) is 0 Å². The van der Waals surface area contributed by atoms with Crippen LogP contribution in [0.25, 0.3) is 0 Å². The number of hydrogen-bond acceptors (Lipinski definition) is 4. The molecule has 0 aliphatic heterocycles. The average Bonchev–Trinajstić information content (AvgIpc) is 2.63. The van der Waals surface area contributed by atoms with Gasteiger partial charge in [0.1, 0.15) is 0 Å². The zero-order valence-corrected chi connectivity index (χ0v) is 9.37. The Balaban J connectivity index is 1.91. The van der Waals surface area contributed by atoms with E-state index in [9.17, 15) is 9.90 Å². The van der Waals surface area contributed by atoms with Crippen molar-refractivity contribution in [3.63, 3.8) is 0 Å². The van der Waals surface area contributed by atoms with Crippen LogP contribution in [0.2, 0.25) is 0 Å². The molecule has 0 aromatic heterocycles. The number of esters is 1. The van der Waals surface area contributed by atoms with Crippen LogP contribution in [0.3, 0.4) is 0 Å². The van der Waals surface area contributed by atoms with Gasteiger partial charge in [-0.05, 0) is 44.7 Å². The maximum Gasteiger partial charge on any atom is 0.305 e. The molecule has 1 fully saturated rings. The topological polar surface area (TPSA) is 58.6 Å². The van der Waals surface area contributed by atoms with Crippen LogP contribution in [0.15, 0.2) is 0 Å². The van der Waals surface area contributed by atoms with Crippen molar-refractivity contribution in [2.24, 2.45) is 5.92 Å². The molecule has 0 heterocycles. The van der Waals surface area contributed by atoms with Crippen molar-refractivity contribution in [1.82, 2.24) is 5.32 Å². The SMILES string of the molecule is COC(=O)CCCNCC1CCC(O)C1. The quantitative estimate of drug-likeness (QED) is 0.505. The van der Waals surface area contributed by atoms with E-state index in [-0.39, 0.29) is 12.1 Å². The highest BCUT2D eigenvalue weighted by molar-refractivity contribution is 5.68. The first-order valence-corrected chi connectivity index (χ1v) is 5.68.